The quantitative estimate of drug-likeness (QED) is 0.0228. The Morgan fingerprint density at radius 2 is 1.58 bits per heavy atom. The molecule has 340 valence electrons. The molecule has 0 radical (unpaired) electrons. The average Bonchev–Trinajstić information content (AvgIpc) is 3.33. The van der Waals surface area contributed by atoms with Crippen molar-refractivity contribution in [2.75, 3.05) is 65.3 Å². The van der Waals surface area contributed by atoms with Crippen molar-refractivity contribution >= 4 is 35.8 Å². The van der Waals surface area contributed by atoms with Gasteiger partial charge in [-0.1, -0.05) is 91.0 Å². The monoisotopic (exact) mass is 881 g/mol. The van der Waals surface area contributed by atoms with E-state index < -0.39 is 12.0 Å². The summed E-state index contributed by atoms with van der Waals surface area (Å²) in [5.74, 6) is -0.800. The van der Waals surface area contributed by atoms with Gasteiger partial charge in [0.1, 0.15) is 23.7 Å². The molecular weight excluding hydrogens is 823 g/mol. The zero-order chi connectivity index (χ0) is 46.0. The number of nitrogens with one attached hydrogen (secondary N) is 3. The summed E-state index contributed by atoms with van der Waals surface area (Å²) < 4.78 is 11.9. The minimum atomic E-state index is -0.924. The number of phenols is 1. The second-order valence-electron chi connectivity index (χ2n) is 16.2. The lowest BCUT2D eigenvalue weighted by molar-refractivity contribution is -0.146. The van der Waals surface area contributed by atoms with E-state index in [4.69, 9.17) is 9.47 Å². The number of likely N-dealkylation sites (tertiary alicyclic amines) is 1. The molecule has 2 amide bonds. The summed E-state index contributed by atoms with van der Waals surface area (Å²) >= 11 is 0. The molecule has 0 spiro atoms. The average molecular weight is 882 g/mol. The van der Waals surface area contributed by atoms with Crippen molar-refractivity contribution in [3.05, 3.63) is 166 Å². The summed E-state index contributed by atoms with van der Waals surface area (Å²) in [6, 6.07) is 37.3. The van der Waals surface area contributed by atoms with E-state index in [1.807, 2.05) is 54.6 Å². The molecule has 1 saturated heterocycles. The summed E-state index contributed by atoms with van der Waals surface area (Å²) in [5, 5.41) is 30.1. The number of ether oxygens (including phenoxy) is 2. The van der Waals surface area contributed by atoms with Crippen molar-refractivity contribution in [3.63, 3.8) is 0 Å². The number of aldehydes is 1. The third kappa shape index (κ3) is 13.8. The first-order chi connectivity index (χ1) is 31.6. The lowest BCUT2D eigenvalue weighted by atomic mass is 9.91. The zero-order valence-electron chi connectivity index (χ0n) is 37.0. The van der Waals surface area contributed by atoms with E-state index in [2.05, 4.69) is 45.1 Å². The van der Waals surface area contributed by atoms with Gasteiger partial charge in [-0.25, -0.2) is 0 Å². The second kappa shape index (κ2) is 24.3. The Morgan fingerprint density at radius 1 is 0.877 bits per heavy atom. The molecule has 0 aliphatic carbocycles. The second-order valence-corrected chi connectivity index (χ2v) is 16.2. The van der Waals surface area contributed by atoms with Crippen molar-refractivity contribution in [3.8, 4) is 11.5 Å². The van der Waals surface area contributed by atoms with Gasteiger partial charge in [-0.15, -0.1) is 0 Å². The van der Waals surface area contributed by atoms with Crippen LogP contribution >= 0.6 is 0 Å². The van der Waals surface area contributed by atoms with Crippen LogP contribution in [0.1, 0.15) is 68.6 Å². The molecule has 5 aromatic rings. The summed E-state index contributed by atoms with van der Waals surface area (Å²) in [4.78, 5) is 54.6. The van der Waals surface area contributed by atoms with Crippen LogP contribution in [0.25, 0.3) is 6.08 Å². The van der Waals surface area contributed by atoms with Crippen LogP contribution in [0.3, 0.4) is 0 Å². The Balaban J connectivity index is 0.928. The highest BCUT2D eigenvalue weighted by atomic mass is 16.5. The van der Waals surface area contributed by atoms with Crippen LogP contribution in [0.2, 0.25) is 0 Å². The molecule has 0 aromatic heterocycles. The van der Waals surface area contributed by atoms with Crippen LogP contribution < -0.4 is 20.7 Å². The van der Waals surface area contributed by atoms with Gasteiger partial charge >= 0.3 is 5.97 Å². The highest BCUT2D eigenvalue weighted by Gasteiger charge is 2.27. The molecule has 2 unspecified atom stereocenters. The summed E-state index contributed by atoms with van der Waals surface area (Å²) in [7, 11) is 3.29. The number of allylic oxidation sites excluding steroid dienone is 1. The number of hydrogen-bond donors (Lipinski definition) is 5. The summed E-state index contributed by atoms with van der Waals surface area (Å²) in [6.45, 7) is 4.08. The lowest BCUT2D eigenvalue weighted by Gasteiger charge is -2.32. The first-order valence-corrected chi connectivity index (χ1v) is 22.0. The van der Waals surface area contributed by atoms with Gasteiger partial charge in [-0.2, -0.15) is 0 Å². The third-order valence-corrected chi connectivity index (χ3v) is 11.6. The fourth-order valence-electron chi connectivity index (χ4n) is 7.88. The maximum absolute atomic E-state index is 13.8. The number of aliphatic hydroxyl groups is 1. The van der Waals surface area contributed by atoms with Crippen LogP contribution in [0.4, 0.5) is 5.69 Å². The Labute approximate surface area is 381 Å². The summed E-state index contributed by atoms with van der Waals surface area (Å²) in [5.41, 5.74) is 5.63. The fraction of sp³-hybridized carbons (Fsp3) is 0.308. The molecule has 65 heavy (non-hydrogen) atoms. The van der Waals surface area contributed by atoms with Crippen LogP contribution in [-0.4, -0.2) is 104 Å². The number of hydrogen-bond acceptors (Lipinski definition) is 11. The number of likely N-dealkylation sites (N-methyl/N-ethyl adjacent to an activating group) is 1. The molecule has 5 aromatic carbocycles. The smallest absolute Gasteiger partial charge is 0.317 e. The van der Waals surface area contributed by atoms with Gasteiger partial charge in [0.2, 0.25) is 0 Å². The minimum absolute atomic E-state index is 0.00206. The number of phenolic OH excluding ortho intramolecular Hbond substituents is 1. The fourth-order valence-corrected chi connectivity index (χ4v) is 7.88. The van der Waals surface area contributed by atoms with Crippen LogP contribution in [0.15, 0.2) is 127 Å². The molecule has 0 saturated carbocycles. The number of carbonyl (C=O) groups is 4. The zero-order valence-corrected chi connectivity index (χ0v) is 37.0. The number of benzene rings is 5. The molecule has 1 aliphatic heterocycles. The van der Waals surface area contributed by atoms with Crippen molar-refractivity contribution in [1.29, 1.82) is 0 Å². The van der Waals surface area contributed by atoms with E-state index in [1.54, 1.807) is 50.5 Å². The molecule has 1 aliphatic rings. The standard InChI is InChI=1S/C52H59N5O8/c1-53-50-45(17-10-30-58)44(22-23-46(50)59)47(60)33-54-32-37-18-20-41(21-19-37)51(62)55-26-29-56(2)48(61)36-64-43-16-9-15-42(31-43)49(40-13-7-4-8-14-40)52(63)65-35-39-24-27-57(28-25-39)34-38-11-5-3-6-12-38/h3-23,30-31,39,47,49,53-54,59-60H,24-29,32-36H2,1-2H3,(H,55,62)/b17-10-. The number of nitrogens with zero attached hydrogens (tertiary/aromatic N) is 2. The molecule has 13 nitrogen and oxygen atoms in total. The number of aromatic hydroxyl groups is 1. The molecule has 13 heteroatoms. The summed E-state index contributed by atoms with van der Waals surface area (Å²) in [6.07, 6.45) is 4.47. The molecule has 1 heterocycles. The third-order valence-electron chi connectivity index (χ3n) is 11.6. The van der Waals surface area contributed by atoms with Gasteiger partial charge in [0, 0.05) is 57.9 Å². The highest BCUT2D eigenvalue weighted by Crippen LogP contribution is 2.34. The largest absolute Gasteiger partial charge is 0.506 e. The normalized spacial score (nSPS) is 14.0. The number of rotatable bonds is 22. The predicted octanol–water partition coefficient (Wildman–Crippen LogP) is 6.32. The van der Waals surface area contributed by atoms with Crippen LogP contribution in [0, 0.1) is 5.92 Å². The number of piperidine rings is 1. The first kappa shape index (κ1) is 47.7. The van der Waals surface area contributed by atoms with E-state index in [0.29, 0.717) is 59.0 Å². The van der Waals surface area contributed by atoms with Gasteiger partial charge in [0.25, 0.3) is 11.8 Å². The number of esters is 1. The number of anilines is 1. The van der Waals surface area contributed by atoms with Gasteiger partial charge in [0.15, 0.2) is 6.61 Å². The topological polar surface area (TPSA) is 170 Å². The van der Waals surface area contributed by atoms with E-state index in [9.17, 15) is 29.4 Å². The number of amides is 2. The molecule has 6 rings (SSSR count). The van der Waals surface area contributed by atoms with E-state index in [0.717, 1.165) is 43.6 Å². The highest BCUT2D eigenvalue weighted by molar-refractivity contribution is 5.94. The van der Waals surface area contributed by atoms with Crippen molar-refractivity contribution in [1.82, 2.24) is 20.4 Å². The van der Waals surface area contributed by atoms with Gasteiger partial charge in [-0.3, -0.25) is 24.1 Å². The Morgan fingerprint density at radius 3 is 2.29 bits per heavy atom. The number of aliphatic hydroxyl groups excluding tert-OH is 1. The Bertz CT molecular complexity index is 2350. The SMILES string of the molecule is CNc1c(O)ccc(C(O)CNCc2ccc(C(=O)NCCN(C)C(=O)COc3cccc(C(C(=O)OCC4CCN(Cc5ccccc5)CC4)c4ccccc4)c3)cc2)c1/C=C\C=O. The maximum Gasteiger partial charge on any atom is 0.317 e. The molecule has 0 bridgehead atoms. The minimum Gasteiger partial charge on any atom is -0.506 e. The van der Waals surface area contributed by atoms with E-state index in [-0.39, 0.29) is 49.8 Å². The van der Waals surface area contributed by atoms with Crippen molar-refractivity contribution in [2.24, 2.45) is 5.92 Å². The van der Waals surface area contributed by atoms with Gasteiger partial charge in [0.05, 0.1) is 18.4 Å². The Kier molecular flexibility index (Phi) is 17.8. The predicted molar refractivity (Wildman–Crippen MR) is 251 cm³/mol. The van der Waals surface area contributed by atoms with Crippen LogP contribution in [-0.2, 0) is 32.2 Å². The van der Waals surface area contributed by atoms with Gasteiger partial charge in [-0.05, 0) is 102 Å². The van der Waals surface area contributed by atoms with Crippen molar-refractivity contribution in [2.45, 2.75) is 38.0 Å². The van der Waals surface area contributed by atoms with Crippen molar-refractivity contribution < 1.29 is 38.9 Å². The van der Waals surface area contributed by atoms with Crippen LogP contribution in [0.5, 0.6) is 11.5 Å². The molecule has 2 atom stereocenters. The molecule has 5 N–H and O–H groups in total. The molecule has 1 fully saturated rings. The van der Waals surface area contributed by atoms with E-state index in [1.165, 1.54) is 28.7 Å². The van der Waals surface area contributed by atoms with E-state index >= 15 is 0 Å². The maximum atomic E-state index is 13.8. The lowest BCUT2D eigenvalue weighted by Crippen LogP contribution is -2.38. The van der Waals surface area contributed by atoms with Gasteiger partial charge < -0.3 is 40.5 Å². The first-order valence-electron chi connectivity index (χ1n) is 22.0. The Hall–Kier alpha value is -6.80. The number of carbonyl (C=O) groups excluding carboxylic acids is 4. The molecular formula is C52H59N5O8.